The Hall–Kier alpha value is -3.33. The van der Waals surface area contributed by atoms with Gasteiger partial charge in [-0.2, -0.15) is 0 Å². The molecule has 9 heteroatoms. The zero-order valence-electron chi connectivity index (χ0n) is 16.0. The number of amides is 3. The number of rotatable bonds is 4. The fraction of sp³-hybridized carbons (Fsp3) is 0.238. The number of nitrogens with zero attached hydrogens (tertiary/aromatic N) is 3. The molecule has 0 bridgehead atoms. The lowest BCUT2D eigenvalue weighted by atomic mass is 9.99. The van der Waals surface area contributed by atoms with E-state index < -0.39 is 0 Å². The molecule has 1 aliphatic rings. The average Bonchev–Trinajstić information content (AvgIpc) is 3.27. The molecular weight excluding hydrogens is 405 g/mol. The first-order chi connectivity index (χ1) is 14.6. The Kier molecular flexibility index (Phi) is 5.99. The first kappa shape index (κ1) is 20.0. The minimum absolute atomic E-state index is 0.0325. The quantitative estimate of drug-likeness (QED) is 0.651. The summed E-state index contributed by atoms with van der Waals surface area (Å²) in [5, 5.41) is 14.7. The number of nitrogens with one attached hydrogen (secondary N) is 2. The fourth-order valence-electron chi connectivity index (χ4n) is 3.30. The predicted octanol–water partition coefficient (Wildman–Crippen LogP) is 4.34. The average molecular weight is 425 g/mol. The molecular formula is C21H20FN5O2S. The minimum atomic E-state index is -0.389. The molecule has 1 fully saturated rings. The number of urea groups is 1. The SMILES string of the molecule is O=C(Nc1ccc(F)cc1)c1nnc(C2CCCN(C(=O)Nc3ccccc3)C2)s1. The van der Waals surface area contributed by atoms with Crippen LogP contribution in [-0.2, 0) is 0 Å². The van der Waals surface area contributed by atoms with E-state index in [-0.39, 0.29) is 28.7 Å². The summed E-state index contributed by atoms with van der Waals surface area (Å²) in [6.07, 6.45) is 1.73. The number of para-hydroxylation sites is 1. The molecule has 0 radical (unpaired) electrons. The van der Waals surface area contributed by atoms with Crippen LogP contribution in [0.25, 0.3) is 0 Å². The van der Waals surface area contributed by atoms with Crippen molar-refractivity contribution in [2.45, 2.75) is 18.8 Å². The first-order valence-electron chi connectivity index (χ1n) is 9.60. The number of benzene rings is 2. The van der Waals surface area contributed by atoms with Gasteiger partial charge in [0.15, 0.2) is 0 Å². The summed E-state index contributed by atoms with van der Waals surface area (Å²) >= 11 is 1.22. The van der Waals surface area contributed by atoms with E-state index in [9.17, 15) is 14.0 Å². The molecule has 0 saturated carbocycles. The van der Waals surface area contributed by atoms with Crippen LogP contribution in [0.15, 0.2) is 54.6 Å². The predicted molar refractivity (Wildman–Crippen MR) is 113 cm³/mol. The summed E-state index contributed by atoms with van der Waals surface area (Å²) in [7, 11) is 0. The molecule has 1 saturated heterocycles. The summed E-state index contributed by atoms with van der Waals surface area (Å²) < 4.78 is 13.0. The number of carbonyl (C=O) groups is 2. The van der Waals surface area contributed by atoms with Crippen molar-refractivity contribution in [1.82, 2.24) is 15.1 Å². The summed E-state index contributed by atoms with van der Waals surface area (Å²) in [6, 6.07) is 14.7. The van der Waals surface area contributed by atoms with Crippen molar-refractivity contribution in [1.29, 1.82) is 0 Å². The van der Waals surface area contributed by atoms with Crippen molar-refractivity contribution < 1.29 is 14.0 Å². The zero-order chi connectivity index (χ0) is 20.9. The van der Waals surface area contributed by atoms with Gasteiger partial charge in [-0.1, -0.05) is 29.5 Å². The third-order valence-corrected chi connectivity index (χ3v) is 5.90. The van der Waals surface area contributed by atoms with Gasteiger partial charge in [0, 0.05) is 30.4 Å². The Morgan fingerprint density at radius 2 is 1.73 bits per heavy atom. The molecule has 1 aromatic heterocycles. The summed E-state index contributed by atoms with van der Waals surface area (Å²) in [5.41, 5.74) is 1.24. The van der Waals surface area contributed by atoms with E-state index in [0.717, 1.165) is 23.5 Å². The maximum Gasteiger partial charge on any atom is 0.321 e. The van der Waals surface area contributed by atoms with Crippen LogP contribution in [0.3, 0.4) is 0 Å². The zero-order valence-corrected chi connectivity index (χ0v) is 16.9. The Bertz CT molecular complexity index is 1030. The molecule has 3 amide bonds. The first-order valence-corrected chi connectivity index (χ1v) is 10.4. The van der Waals surface area contributed by atoms with Crippen LogP contribution >= 0.6 is 11.3 Å². The van der Waals surface area contributed by atoms with Gasteiger partial charge in [-0.25, -0.2) is 9.18 Å². The summed E-state index contributed by atoms with van der Waals surface area (Å²) in [5.74, 6) is -0.727. The van der Waals surface area contributed by atoms with Gasteiger partial charge in [0.1, 0.15) is 10.8 Å². The normalized spacial score (nSPS) is 16.2. The van der Waals surface area contributed by atoms with E-state index in [1.54, 1.807) is 4.90 Å². The molecule has 7 nitrogen and oxygen atoms in total. The van der Waals surface area contributed by atoms with Gasteiger partial charge < -0.3 is 15.5 Å². The van der Waals surface area contributed by atoms with Gasteiger partial charge in [-0.3, -0.25) is 4.79 Å². The number of carbonyl (C=O) groups excluding carboxylic acids is 2. The molecule has 2 aromatic carbocycles. The van der Waals surface area contributed by atoms with Crippen LogP contribution in [0.2, 0.25) is 0 Å². The second kappa shape index (κ2) is 9.00. The lowest BCUT2D eigenvalue weighted by Gasteiger charge is -2.31. The highest BCUT2D eigenvalue weighted by atomic mass is 32.1. The van der Waals surface area contributed by atoms with E-state index in [1.807, 2.05) is 30.3 Å². The standard InChI is InChI=1S/C21H20FN5O2S/c22-15-8-10-17(11-9-15)23-18(28)20-26-25-19(30-20)14-5-4-12-27(13-14)21(29)24-16-6-2-1-3-7-16/h1-3,6-11,14H,4-5,12-13H2,(H,23,28)(H,24,29). The smallest absolute Gasteiger partial charge is 0.321 e. The highest BCUT2D eigenvalue weighted by Gasteiger charge is 2.28. The van der Waals surface area contributed by atoms with Crippen molar-refractivity contribution in [2.75, 3.05) is 23.7 Å². The lowest BCUT2D eigenvalue weighted by Crippen LogP contribution is -2.41. The van der Waals surface area contributed by atoms with Crippen LogP contribution in [0.4, 0.5) is 20.6 Å². The molecule has 2 N–H and O–H groups in total. The van der Waals surface area contributed by atoms with Gasteiger partial charge in [-0.15, -0.1) is 10.2 Å². The Morgan fingerprint density at radius 1 is 1.00 bits per heavy atom. The van der Waals surface area contributed by atoms with Gasteiger partial charge >= 0.3 is 6.03 Å². The fourth-order valence-corrected chi connectivity index (χ4v) is 4.16. The molecule has 4 rings (SSSR count). The topological polar surface area (TPSA) is 87.2 Å². The molecule has 30 heavy (non-hydrogen) atoms. The van der Waals surface area contributed by atoms with Gasteiger partial charge in [-0.05, 0) is 49.2 Å². The maximum absolute atomic E-state index is 13.0. The number of hydrogen-bond donors (Lipinski definition) is 2. The van der Waals surface area contributed by atoms with E-state index in [4.69, 9.17) is 0 Å². The lowest BCUT2D eigenvalue weighted by molar-refractivity contribution is 0.102. The summed E-state index contributed by atoms with van der Waals surface area (Å²) in [6.45, 7) is 1.19. The number of anilines is 2. The van der Waals surface area contributed by atoms with Crippen LogP contribution in [-0.4, -0.2) is 40.1 Å². The van der Waals surface area contributed by atoms with Crippen LogP contribution in [0.5, 0.6) is 0 Å². The van der Waals surface area contributed by atoms with E-state index >= 15 is 0 Å². The maximum atomic E-state index is 13.0. The molecule has 3 aromatic rings. The molecule has 1 atom stereocenters. The second-order valence-electron chi connectivity index (χ2n) is 6.99. The Balaban J connectivity index is 1.38. The molecule has 1 aliphatic heterocycles. The molecule has 1 unspecified atom stereocenters. The number of hydrogen-bond acceptors (Lipinski definition) is 5. The summed E-state index contributed by atoms with van der Waals surface area (Å²) in [4.78, 5) is 26.7. The molecule has 0 aliphatic carbocycles. The Morgan fingerprint density at radius 3 is 2.50 bits per heavy atom. The molecule has 0 spiro atoms. The van der Waals surface area contributed by atoms with Crippen molar-refractivity contribution >= 4 is 34.6 Å². The number of halogens is 1. The third kappa shape index (κ3) is 4.80. The Labute approximate surface area is 176 Å². The molecule has 154 valence electrons. The number of piperidine rings is 1. The minimum Gasteiger partial charge on any atom is -0.324 e. The van der Waals surface area contributed by atoms with Crippen LogP contribution in [0.1, 0.15) is 33.6 Å². The van der Waals surface area contributed by atoms with Crippen LogP contribution < -0.4 is 10.6 Å². The largest absolute Gasteiger partial charge is 0.324 e. The van der Waals surface area contributed by atoms with Gasteiger partial charge in [0.2, 0.25) is 5.01 Å². The second-order valence-corrected chi connectivity index (χ2v) is 8.00. The number of likely N-dealkylation sites (tertiary alicyclic amines) is 1. The van der Waals surface area contributed by atoms with Crippen molar-refractivity contribution in [3.05, 3.63) is 70.4 Å². The monoisotopic (exact) mass is 425 g/mol. The highest BCUT2D eigenvalue weighted by Crippen LogP contribution is 2.29. The van der Waals surface area contributed by atoms with Crippen molar-refractivity contribution in [2.24, 2.45) is 0 Å². The van der Waals surface area contributed by atoms with Gasteiger partial charge in [0.05, 0.1) is 0 Å². The number of aromatic nitrogens is 2. The van der Waals surface area contributed by atoms with Gasteiger partial charge in [0.25, 0.3) is 5.91 Å². The highest BCUT2D eigenvalue weighted by molar-refractivity contribution is 7.13. The van der Waals surface area contributed by atoms with E-state index in [1.165, 1.54) is 35.6 Å². The van der Waals surface area contributed by atoms with Crippen molar-refractivity contribution in [3.63, 3.8) is 0 Å². The van der Waals surface area contributed by atoms with E-state index in [0.29, 0.717) is 18.8 Å². The van der Waals surface area contributed by atoms with E-state index in [2.05, 4.69) is 20.8 Å². The van der Waals surface area contributed by atoms with Crippen LogP contribution in [0, 0.1) is 5.82 Å². The third-order valence-electron chi connectivity index (χ3n) is 4.82. The van der Waals surface area contributed by atoms with Crippen molar-refractivity contribution in [3.8, 4) is 0 Å². The molecule has 2 heterocycles.